The summed E-state index contributed by atoms with van der Waals surface area (Å²) in [4.78, 5) is 9.22. The van der Waals surface area contributed by atoms with E-state index >= 15 is 0 Å². The summed E-state index contributed by atoms with van der Waals surface area (Å²) in [5, 5.41) is 0. The summed E-state index contributed by atoms with van der Waals surface area (Å²) in [7, 11) is 0. The molecule has 0 heterocycles. The van der Waals surface area contributed by atoms with Gasteiger partial charge in [0.05, 0.1) is 0 Å². The third-order valence-corrected chi connectivity index (χ3v) is 0.558. The Hall–Kier alpha value is -0.570. The minimum Gasteiger partial charge on any atom is -0.370 e. The average Bonchev–Trinajstić information content (AvgIpc) is 1.93. The Morgan fingerprint density at radius 2 is 1.64 bits per heavy atom. The standard InChI is InChI=1S/C4H11N.C2H5NO.C2H6/c1-2-3-4-5;1-2(3)4;1-2/h2-5H2,1H3;1H3,(H2,3,4);1-2H3. The van der Waals surface area contributed by atoms with Gasteiger partial charge in [-0.1, -0.05) is 27.2 Å². The van der Waals surface area contributed by atoms with Crippen LogP contribution in [-0.2, 0) is 4.79 Å². The predicted molar refractivity (Wildman–Crippen MR) is 50.2 cm³/mol. The first-order chi connectivity index (χ1) is 5.15. The van der Waals surface area contributed by atoms with E-state index in [1.165, 1.54) is 19.8 Å². The van der Waals surface area contributed by atoms with E-state index in [1.807, 2.05) is 13.8 Å². The Morgan fingerprint density at radius 3 is 1.64 bits per heavy atom. The molecule has 0 aromatic heterocycles. The lowest BCUT2D eigenvalue weighted by Gasteiger charge is -1.80. The van der Waals surface area contributed by atoms with E-state index in [-0.39, 0.29) is 5.91 Å². The number of carbonyl (C=O) groups is 1. The lowest BCUT2D eigenvalue weighted by Crippen LogP contribution is -2.01. The van der Waals surface area contributed by atoms with Gasteiger partial charge in [-0.2, -0.15) is 0 Å². The Morgan fingerprint density at radius 1 is 1.36 bits per heavy atom. The van der Waals surface area contributed by atoms with Crippen molar-refractivity contribution in [2.75, 3.05) is 6.54 Å². The molecule has 0 radical (unpaired) electrons. The predicted octanol–water partition coefficient (Wildman–Crippen LogP) is 1.26. The SMILES string of the molecule is CC.CC(N)=O.CCCCN. The van der Waals surface area contributed by atoms with Crippen molar-refractivity contribution in [2.45, 2.75) is 40.5 Å². The number of rotatable bonds is 2. The van der Waals surface area contributed by atoms with Crippen molar-refractivity contribution >= 4 is 5.91 Å². The van der Waals surface area contributed by atoms with Gasteiger partial charge in [0, 0.05) is 6.92 Å². The van der Waals surface area contributed by atoms with E-state index in [9.17, 15) is 4.79 Å². The van der Waals surface area contributed by atoms with Gasteiger partial charge in [-0.15, -0.1) is 0 Å². The van der Waals surface area contributed by atoms with Crippen molar-refractivity contribution in [3.05, 3.63) is 0 Å². The fourth-order valence-electron chi connectivity index (χ4n) is 0.204. The van der Waals surface area contributed by atoms with Gasteiger partial charge < -0.3 is 11.5 Å². The molecule has 0 aromatic rings. The van der Waals surface area contributed by atoms with Gasteiger partial charge in [0.25, 0.3) is 0 Å². The van der Waals surface area contributed by atoms with E-state index in [0.29, 0.717) is 0 Å². The molecule has 0 bridgehead atoms. The van der Waals surface area contributed by atoms with E-state index in [1.54, 1.807) is 0 Å². The van der Waals surface area contributed by atoms with Crippen LogP contribution in [0.2, 0.25) is 0 Å². The highest BCUT2D eigenvalue weighted by molar-refractivity contribution is 5.70. The van der Waals surface area contributed by atoms with Crippen molar-refractivity contribution in [3.8, 4) is 0 Å². The Balaban J connectivity index is -0.0000000965. The zero-order valence-corrected chi connectivity index (χ0v) is 8.18. The summed E-state index contributed by atoms with van der Waals surface area (Å²) in [5.74, 6) is -0.333. The number of unbranched alkanes of at least 4 members (excludes halogenated alkanes) is 1. The molecule has 0 aliphatic carbocycles. The Bertz CT molecular complexity index is 59.1. The van der Waals surface area contributed by atoms with Crippen LogP contribution in [-0.4, -0.2) is 12.5 Å². The average molecular weight is 162 g/mol. The molecule has 0 spiro atoms. The van der Waals surface area contributed by atoms with Crippen LogP contribution in [0.5, 0.6) is 0 Å². The van der Waals surface area contributed by atoms with E-state index in [2.05, 4.69) is 12.7 Å². The molecule has 0 saturated heterocycles. The molecule has 0 aromatic carbocycles. The lowest BCUT2D eigenvalue weighted by atomic mass is 10.3. The summed E-state index contributed by atoms with van der Waals surface area (Å²) in [6.07, 6.45) is 2.39. The van der Waals surface area contributed by atoms with Crippen LogP contribution < -0.4 is 11.5 Å². The van der Waals surface area contributed by atoms with Crippen molar-refractivity contribution in [1.82, 2.24) is 0 Å². The first kappa shape index (κ1) is 16.8. The van der Waals surface area contributed by atoms with Gasteiger partial charge in [-0.3, -0.25) is 4.79 Å². The molecule has 0 atom stereocenters. The molecule has 70 valence electrons. The topological polar surface area (TPSA) is 69.1 Å². The molecule has 0 aliphatic rings. The molecule has 0 saturated carbocycles. The van der Waals surface area contributed by atoms with Crippen molar-refractivity contribution in [3.63, 3.8) is 0 Å². The zero-order valence-electron chi connectivity index (χ0n) is 8.18. The summed E-state index contributed by atoms with van der Waals surface area (Å²) < 4.78 is 0. The maximum Gasteiger partial charge on any atom is 0.214 e. The van der Waals surface area contributed by atoms with Crippen LogP contribution >= 0.6 is 0 Å². The van der Waals surface area contributed by atoms with Crippen LogP contribution in [0.4, 0.5) is 0 Å². The van der Waals surface area contributed by atoms with Crippen LogP contribution in [0, 0.1) is 0 Å². The summed E-state index contributed by atoms with van der Waals surface area (Å²) in [6.45, 7) is 8.28. The smallest absolute Gasteiger partial charge is 0.214 e. The third-order valence-electron chi connectivity index (χ3n) is 0.558. The zero-order chi connectivity index (χ0) is 9.70. The maximum absolute atomic E-state index is 9.22. The third kappa shape index (κ3) is 255. The molecule has 0 aliphatic heterocycles. The molecular formula is C8H22N2O. The second-order valence-corrected chi connectivity index (χ2v) is 1.75. The summed E-state index contributed by atoms with van der Waals surface area (Å²) in [6, 6.07) is 0. The number of carbonyl (C=O) groups excluding carboxylic acids is 1. The quantitative estimate of drug-likeness (QED) is 0.642. The fraction of sp³-hybridized carbons (Fsp3) is 0.875. The molecule has 4 N–H and O–H groups in total. The van der Waals surface area contributed by atoms with E-state index in [4.69, 9.17) is 5.73 Å². The molecule has 0 rings (SSSR count). The van der Waals surface area contributed by atoms with Crippen LogP contribution in [0.15, 0.2) is 0 Å². The van der Waals surface area contributed by atoms with E-state index < -0.39 is 0 Å². The van der Waals surface area contributed by atoms with Gasteiger partial charge >= 0.3 is 0 Å². The monoisotopic (exact) mass is 162 g/mol. The normalized spacial score (nSPS) is 6.64. The highest BCUT2D eigenvalue weighted by Gasteiger charge is 1.67. The van der Waals surface area contributed by atoms with Gasteiger partial charge in [0.1, 0.15) is 0 Å². The first-order valence-electron chi connectivity index (χ1n) is 4.11. The van der Waals surface area contributed by atoms with Crippen LogP contribution in [0.25, 0.3) is 0 Å². The van der Waals surface area contributed by atoms with Crippen molar-refractivity contribution < 1.29 is 4.79 Å². The Labute approximate surface area is 70.1 Å². The highest BCUT2D eigenvalue weighted by Crippen LogP contribution is 1.77. The molecule has 0 fully saturated rings. The number of hydrogen-bond donors (Lipinski definition) is 2. The molecule has 3 nitrogen and oxygen atoms in total. The number of primary amides is 1. The number of hydrogen-bond acceptors (Lipinski definition) is 2. The Kier molecular flexibility index (Phi) is 34.7. The second kappa shape index (κ2) is 22.7. The largest absolute Gasteiger partial charge is 0.370 e. The summed E-state index contributed by atoms with van der Waals surface area (Å²) >= 11 is 0. The molecule has 0 unspecified atom stereocenters. The highest BCUT2D eigenvalue weighted by atomic mass is 16.1. The maximum atomic E-state index is 9.22. The molecule has 1 amide bonds. The van der Waals surface area contributed by atoms with Crippen LogP contribution in [0.1, 0.15) is 40.5 Å². The molecule has 3 heteroatoms. The number of amides is 1. The first-order valence-corrected chi connectivity index (χ1v) is 4.11. The van der Waals surface area contributed by atoms with Gasteiger partial charge in [-0.05, 0) is 13.0 Å². The molecule has 11 heavy (non-hydrogen) atoms. The summed E-state index contributed by atoms with van der Waals surface area (Å²) in [5.41, 5.74) is 9.61. The van der Waals surface area contributed by atoms with Crippen molar-refractivity contribution in [1.29, 1.82) is 0 Å². The van der Waals surface area contributed by atoms with Gasteiger partial charge in [0.2, 0.25) is 5.91 Å². The fourth-order valence-corrected chi connectivity index (χ4v) is 0.204. The van der Waals surface area contributed by atoms with Crippen LogP contribution in [0.3, 0.4) is 0 Å². The van der Waals surface area contributed by atoms with Gasteiger partial charge in [-0.25, -0.2) is 0 Å². The number of nitrogens with two attached hydrogens (primary N) is 2. The minimum atomic E-state index is -0.333. The second-order valence-electron chi connectivity index (χ2n) is 1.75. The van der Waals surface area contributed by atoms with E-state index in [0.717, 1.165) is 6.54 Å². The van der Waals surface area contributed by atoms with Gasteiger partial charge in [0.15, 0.2) is 0 Å². The molecular weight excluding hydrogens is 140 g/mol. The van der Waals surface area contributed by atoms with Crippen molar-refractivity contribution in [2.24, 2.45) is 11.5 Å². The minimum absolute atomic E-state index is 0.333. The lowest BCUT2D eigenvalue weighted by molar-refractivity contribution is -0.115.